The highest BCUT2D eigenvalue weighted by molar-refractivity contribution is 5.79. The summed E-state index contributed by atoms with van der Waals surface area (Å²) in [7, 11) is 0. The summed E-state index contributed by atoms with van der Waals surface area (Å²) < 4.78 is 32.8. The highest BCUT2D eigenvalue weighted by Gasteiger charge is 2.28. The van der Waals surface area contributed by atoms with Crippen molar-refractivity contribution < 1.29 is 38.0 Å². The van der Waals surface area contributed by atoms with Gasteiger partial charge in [-0.25, -0.2) is 4.79 Å². The highest BCUT2D eigenvalue weighted by Crippen LogP contribution is 2.44. The van der Waals surface area contributed by atoms with Crippen LogP contribution in [0.3, 0.4) is 0 Å². The second kappa shape index (κ2) is 25.1. The van der Waals surface area contributed by atoms with Crippen LogP contribution in [0.25, 0.3) is 11.1 Å². The molecule has 9 nitrogen and oxygen atoms in total. The van der Waals surface area contributed by atoms with Gasteiger partial charge in [0.1, 0.15) is 13.2 Å². The summed E-state index contributed by atoms with van der Waals surface area (Å²) in [5.41, 5.74) is 4.82. The van der Waals surface area contributed by atoms with Gasteiger partial charge >= 0.3 is 12.1 Å². The lowest BCUT2D eigenvalue weighted by Crippen LogP contribution is -2.27. The average Bonchev–Trinajstić information content (AvgIpc) is 3.41. The third-order valence-corrected chi connectivity index (χ3v) is 8.17. The lowest BCUT2D eigenvalue weighted by atomic mass is 9.98. The number of hydrogen-bond donors (Lipinski definition) is 1. The number of ether oxygens (including phenoxy) is 6. The smallest absolute Gasteiger partial charge is 0.407 e. The molecule has 2 aromatic rings. The van der Waals surface area contributed by atoms with Crippen molar-refractivity contribution in [1.82, 2.24) is 5.32 Å². The van der Waals surface area contributed by atoms with E-state index in [2.05, 4.69) is 36.5 Å². The first-order chi connectivity index (χ1) is 23.2. The van der Waals surface area contributed by atoms with Crippen LogP contribution in [0.4, 0.5) is 4.79 Å². The maximum atomic E-state index is 12.2. The molecule has 0 heterocycles. The molecule has 1 N–H and O–H groups in total. The zero-order chi connectivity index (χ0) is 33.2. The fraction of sp³-hybridized carbons (Fsp3) is 0.632. The van der Waals surface area contributed by atoms with Crippen LogP contribution in [0.5, 0.6) is 0 Å². The fourth-order valence-corrected chi connectivity index (χ4v) is 5.64. The second-order valence-corrected chi connectivity index (χ2v) is 11.9. The SMILES string of the molecule is CCCCCCCCCCCC(=O)OCCOCCOCCOCCOCCCNC(=O)OCC1c2ccccc2-c2ccccc21. The molecule has 1 aliphatic carbocycles. The standard InChI is InChI=1S/C38H57NO8/c1-2-3-4-5-6-7-8-9-10-20-37(40)46-30-29-45-28-27-44-26-25-43-24-23-42-22-15-21-39-38(41)47-31-36-34-18-13-11-16-32(34)33-17-12-14-19-35(33)36/h11-14,16-19,36H,2-10,15,20-31H2,1H3,(H,39,41). The maximum Gasteiger partial charge on any atom is 0.407 e. The molecule has 9 heteroatoms. The van der Waals surface area contributed by atoms with Crippen LogP contribution in [0.2, 0.25) is 0 Å². The molecular formula is C38H57NO8. The Morgan fingerprint density at radius 3 is 1.64 bits per heavy atom. The van der Waals surface area contributed by atoms with Gasteiger partial charge in [-0.3, -0.25) is 4.79 Å². The molecule has 0 radical (unpaired) electrons. The Morgan fingerprint density at radius 1 is 0.574 bits per heavy atom. The molecule has 0 bridgehead atoms. The van der Waals surface area contributed by atoms with Gasteiger partial charge in [0.15, 0.2) is 0 Å². The van der Waals surface area contributed by atoms with Crippen LogP contribution in [0.15, 0.2) is 48.5 Å². The van der Waals surface area contributed by atoms with E-state index in [1.165, 1.54) is 67.2 Å². The van der Waals surface area contributed by atoms with E-state index in [-0.39, 0.29) is 18.5 Å². The number of carbonyl (C=O) groups is 2. The molecular weight excluding hydrogens is 598 g/mol. The molecule has 0 fully saturated rings. The van der Waals surface area contributed by atoms with E-state index in [1.54, 1.807) is 0 Å². The molecule has 262 valence electrons. The fourth-order valence-electron chi connectivity index (χ4n) is 5.64. The van der Waals surface area contributed by atoms with Gasteiger partial charge in [0.05, 0.1) is 46.2 Å². The third kappa shape index (κ3) is 16.1. The van der Waals surface area contributed by atoms with E-state index in [4.69, 9.17) is 28.4 Å². The summed E-state index contributed by atoms with van der Waals surface area (Å²) in [5.74, 6) is -0.0868. The minimum absolute atomic E-state index is 0.0529. The topological polar surface area (TPSA) is 102 Å². The average molecular weight is 656 g/mol. The van der Waals surface area contributed by atoms with Crippen LogP contribution in [0, 0.1) is 0 Å². The van der Waals surface area contributed by atoms with Gasteiger partial charge in [-0.15, -0.1) is 0 Å². The van der Waals surface area contributed by atoms with Crippen molar-refractivity contribution >= 4 is 12.1 Å². The Morgan fingerprint density at radius 2 is 1.06 bits per heavy atom. The van der Waals surface area contributed by atoms with E-state index >= 15 is 0 Å². The molecule has 0 saturated heterocycles. The molecule has 2 aromatic carbocycles. The summed E-state index contributed by atoms with van der Waals surface area (Å²) in [6.45, 7) is 7.02. The van der Waals surface area contributed by atoms with Crippen molar-refractivity contribution in [3.63, 3.8) is 0 Å². The van der Waals surface area contributed by atoms with Crippen molar-refractivity contribution in [3.05, 3.63) is 59.7 Å². The van der Waals surface area contributed by atoms with Gasteiger partial charge in [0.25, 0.3) is 0 Å². The van der Waals surface area contributed by atoms with Crippen LogP contribution in [0.1, 0.15) is 94.6 Å². The van der Waals surface area contributed by atoms with Crippen molar-refractivity contribution in [2.75, 3.05) is 72.6 Å². The summed E-state index contributed by atoms with van der Waals surface area (Å²) in [6.07, 6.45) is 11.8. The molecule has 0 spiro atoms. The number of carbonyl (C=O) groups excluding carboxylic acids is 2. The van der Waals surface area contributed by atoms with Gasteiger partial charge in [-0.2, -0.15) is 0 Å². The minimum atomic E-state index is -0.413. The number of benzene rings is 2. The van der Waals surface area contributed by atoms with E-state index in [0.717, 1.165) is 12.8 Å². The molecule has 0 atom stereocenters. The van der Waals surface area contributed by atoms with Gasteiger partial charge < -0.3 is 33.7 Å². The second-order valence-electron chi connectivity index (χ2n) is 11.9. The first-order valence-corrected chi connectivity index (χ1v) is 17.8. The molecule has 3 rings (SSSR count). The van der Waals surface area contributed by atoms with Crippen molar-refractivity contribution in [2.24, 2.45) is 0 Å². The normalized spacial score (nSPS) is 12.1. The van der Waals surface area contributed by atoms with Gasteiger partial charge in [0.2, 0.25) is 0 Å². The molecule has 1 aliphatic rings. The quantitative estimate of drug-likeness (QED) is 0.0746. The predicted octanol–water partition coefficient (Wildman–Crippen LogP) is 7.45. The Labute approximate surface area is 282 Å². The van der Waals surface area contributed by atoms with Crippen LogP contribution >= 0.6 is 0 Å². The van der Waals surface area contributed by atoms with Crippen LogP contribution in [-0.4, -0.2) is 84.7 Å². The molecule has 0 saturated carbocycles. The van der Waals surface area contributed by atoms with Gasteiger partial charge in [-0.1, -0.05) is 107 Å². The van der Waals surface area contributed by atoms with Crippen LogP contribution in [-0.2, 0) is 33.2 Å². The van der Waals surface area contributed by atoms with E-state index in [0.29, 0.717) is 78.8 Å². The third-order valence-electron chi connectivity index (χ3n) is 8.17. The number of unbranched alkanes of at least 4 members (excludes halogenated alkanes) is 8. The largest absolute Gasteiger partial charge is 0.463 e. The number of fused-ring (bicyclic) bond motifs is 3. The lowest BCUT2D eigenvalue weighted by Gasteiger charge is -2.14. The first-order valence-electron chi connectivity index (χ1n) is 17.8. The Kier molecular flexibility index (Phi) is 20.5. The lowest BCUT2D eigenvalue weighted by molar-refractivity contribution is -0.145. The van der Waals surface area contributed by atoms with Crippen molar-refractivity contribution in [3.8, 4) is 11.1 Å². The molecule has 0 unspecified atom stereocenters. The van der Waals surface area contributed by atoms with E-state index < -0.39 is 6.09 Å². The van der Waals surface area contributed by atoms with E-state index in [9.17, 15) is 9.59 Å². The molecule has 0 aromatic heterocycles. The minimum Gasteiger partial charge on any atom is -0.463 e. The predicted molar refractivity (Wildman–Crippen MR) is 184 cm³/mol. The zero-order valence-corrected chi connectivity index (χ0v) is 28.5. The van der Waals surface area contributed by atoms with Crippen molar-refractivity contribution in [2.45, 2.75) is 83.5 Å². The van der Waals surface area contributed by atoms with Crippen LogP contribution < -0.4 is 5.32 Å². The van der Waals surface area contributed by atoms with Gasteiger partial charge in [-0.05, 0) is 35.1 Å². The monoisotopic (exact) mass is 655 g/mol. The van der Waals surface area contributed by atoms with Gasteiger partial charge in [0, 0.05) is 25.5 Å². The Hall–Kier alpha value is -2.98. The number of rotatable bonds is 28. The highest BCUT2D eigenvalue weighted by atomic mass is 16.6. The Balaban J connectivity index is 1.02. The number of esters is 1. The summed E-state index contributed by atoms with van der Waals surface area (Å²) >= 11 is 0. The number of nitrogens with one attached hydrogen (secondary N) is 1. The number of amides is 1. The first kappa shape index (κ1) is 38.5. The Bertz CT molecular complexity index is 1080. The molecule has 1 amide bonds. The summed E-state index contributed by atoms with van der Waals surface area (Å²) in [6, 6.07) is 16.6. The molecule has 47 heavy (non-hydrogen) atoms. The van der Waals surface area contributed by atoms with E-state index in [1.807, 2.05) is 24.3 Å². The maximum absolute atomic E-state index is 12.2. The number of alkyl carbamates (subject to hydrolysis) is 1. The number of hydrogen-bond acceptors (Lipinski definition) is 8. The molecule has 0 aliphatic heterocycles. The zero-order valence-electron chi connectivity index (χ0n) is 28.5. The van der Waals surface area contributed by atoms with Crippen molar-refractivity contribution in [1.29, 1.82) is 0 Å². The summed E-state index contributed by atoms with van der Waals surface area (Å²) in [5, 5.41) is 2.80. The summed E-state index contributed by atoms with van der Waals surface area (Å²) in [4.78, 5) is 24.0.